The predicted octanol–water partition coefficient (Wildman–Crippen LogP) is 0.191. The SMILES string of the molecule is CCOC(=O)[C@@H](C)Nc1n[nH]c(=S)[nH]c1=O. The number of hydrogen-bond acceptors (Lipinski definition) is 6. The minimum absolute atomic E-state index is 0.00541. The van der Waals surface area contributed by atoms with Crippen LogP contribution < -0.4 is 10.9 Å². The van der Waals surface area contributed by atoms with E-state index in [0.29, 0.717) is 0 Å². The highest BCUT2D eigenvalue weighted by atomic mass is 32.1. The first-order chi connectivity index (χ1) is 7.54. The van der Waals surface area contributed by atoms with E-state index >= 15 is 0 Å². The highest BCUT2D eigenvalue weighted by molar-refractivity contribution is 7.71. The first kappa shape index (κ1) is 12.4. The number of carbonyl (C=O) groups is 1. The summed E-state index contributed by atoms with van der Waals surface area (Å²) in [6.07, 6.45) is 0. The lowest BCUT2D eigenvalue weighted by Gasteiger charge is -2.11. The van der Waals surface area contributed by atoms with Gasteiger partial charge in [0.1, 0.15) is 6.04 Å². The number of H-pyrrole nitrogens is 2. The van der Waals surface area contributed by atoms with E-state index in [-0.39, 0.29) is 17.2 Å². The fourth-order valence-electron chi connectivity index (χ4n) is 0.977. The first-order valence-corrected chi connectivity index (χ1v) is 5.07. The van der Waals surface area contributed by atoms with Crippen molar-refractivity contribution >= 4 is 24.0 Å². The molecule has 88 valence electrons. The van der Waals surface area contributed by atoms with Gasteiger partial charge in [-0.15, -0.1) is 5.10 Å². The number of hydrogen-bond donors (Lipinski definition) is 3. The molecule has 0 aliphatic heterocycles. The van der Waals surface area contributed by atoms with E-state index in [4.69, 9.17) is 4.74 Å². The molecule has 8 heteroatoms. The highest BCUT2D eigenvalue weighted by Crippen LogP contribution is 1.96. The zero-order chi connectivity index (χ0) is 12.1. The van der Waals surface area contributed by atoms with Crippen LogP contribution in [0.4, 0.5) is 5.82 Å². The molecule has 0 radical (unpaired) electrons. The lowest BCUT2D eigenvalue weighted by atomic mass is 10.3. The van der Waals surface area contributed by atoms with Crippen LogP contribution in [0.3, 0.4) is 0 Å². The molecule has 0 aromatic carbocycles. The maximum absolute atomic E-state index is 11.3. The molecule has 1 rings (SSSR count). The van der Waals surface area contributed by atoms with Gasteiger partial charge in [0, 0.05) is 0 Å². The zero-order valence-corrected chi connectivity index (χ0v) is 9.68. The Morgan fingerprint density at radius 2 is 2.38 bits per heavy atom. The molecule has 0 fully saturated rings. The molecule has 0 bridgehead atoms. The van der Waals surface area contributed by atoms with Crippen molar-refractivity contribution in [1.29, 1.82) is 0 Å². The Bertz CT molecular complexity index is 481. The average Bonchev–Trinajstić information content (AvgIpc) is 2.22. The Morgan fingerprint density at radius 1 is 1.69 bits per heavy atom. The van der Waals surface area contributed by atoms with Gasteiger partial charge in [0.15, 0.2) is 4.77 Å². The Labute approximate surface area is 96.2 Å². The van der Waals surface area contributed by atoms with Crippen LogP contribution in [0.1, 0.15) is 13.8 Å². The maximum Gasteiger partial charge on any atom is 0.328 e. The van der Waals surface area contributed by atoms with Gasteiger partial charge in [0.05, 0.1) is 6.61 Å². The Kier molecular flexibility index (Phi) is 4.18. The van der Waals surface area contributed by atoms with Crippen LogP contribution in [0.2, 0.25) is 0 Å². The number of carbonyl (C=O) groups excluding carboxylic acids is 1. The minimum atomic E-state index is -0.655. The van der Waals surface area contributed by atoms with Crippen molar-refractivity contribution in [2.75, 3.05) is 11.9 Å². The lowest BCUT2D eigenvalue weighted by Crippen LogP contribution is -2.31. The van der Waals surface area contributed by atoms with Gasteiger partial charge in [0.25, 0.3) is 5.56 Å². The third kappa shape index (κ3) is 3.16. The summed E-state index contributed by atoms with van der Waals surface area (Å²) in [6, 6.07) is -0.655. The normalized spacial score (nSPS) is 11.9. The van der Waals surface area contributed by atoms with E-state index in [0.717, 1.165) is 0 Å². The van der Waals surface area contributed by atoms with E-state index in [1.165, 1.54) is 0 Å². The van der Waals surface area contributed by atoms with Crippen molar-refractivity contribution in [3.63, 3.8) is 0 Å². The third-order valence-corrected chi connectivity index (χ3v) is 1.90. The summed E-state index contributed by atoms with van der Waals surface area (Å²) in [5, 5.41) is 8.70. The smallest absolute Gasteiger partial charge is 0.328 e. The molecule has 1 aromatic heterocycles. The number of ether oxygens (including phenoxy) is 1. The van der Waals surface area contributed by atoms with Gasteiger partial charge in [-0.2, -0.15) is 0 Å². The molecule has 0 unspecified atom stereocenters. The number of aromatic amines is 2. The third-order valence-electron chi connectivity index (χ3n) is 1.70. The molecule has 0 amide bonds. The van der Waals surface area contributed by atoms with Crippen LogP contribution >= 0.6 is 12.2 Å². The van der Waals surface area contributed by atoms with Crippen molar-refractivity contribution in [1.82, 2.24) is 15.2 Å². The number of nitrogens with one attached hydrogen (secondary N) is 3. The summed E-state index contributed by atoms with van der Waals surface area (Å²) in [5.41, 5.74) is -0.486. The second-order valence-electron chi connectivity index (χ2n) is 2.97. The number of anilines is 1. The van der Waals surface area contributed by atoms with Crippen LogP contribution in [0, 0.1) is 4.77 Å². The van der Waals surface area contributed by atoms with Crippen molar-refractivity contribution in [3.8, 4) is 0 Å². The van der Waals surface area contributed by atoms with E-state index in [9.17, 15) is 9.59 Å². The molecule has 16 heavy (non-hydrogen) atoms. The number of aromatic nitrogens is 3. The molecular weight excluding hydrogens is 232 g/mol. The van der Waals surface area contributed by atoms with Gasteiger partial charge < -0.3 is 10.1 Å². The minimum Gasteiger partial charge on any atom is -0.464 e. The fourth-order valence-corrected chi connectivity index (χ4v) is 1.12. The molecule has 0 spiro atoms. The number of rotatable bonds is 4. The first-order valence-electron chi connectivity index (χ1n) is 4.66. The topological polar surface area (TPSA) is 99.9 Å². The predicted molar refractivity (Wildman–Crippen MR) is 59.8 cm³/mol. The molecule has 7 nitrogen and oxygen atoms in total. The molecule has 0 saturated heterocycles. The zero-order valence-electron chi connectivity index (χ0n) is 8.86. The summed E-state index contributed by atoms with van der Waals surface area (Å²) in [5.74, 6) is -0.458. The van der Waals surface area contributed by atoms with Gasteiger partial charge in [-0.05, 0) is 26.1 Å². The lowest BCUT2D eigenvalue weighted by molar-refractivity contribution is -0.143. The molecule has 1 aromatic rings. The maximum atomic E-state index is 11.3. The van der Waals surface area contributed by atoms with Gasteiger partial charge in [-0.1, -0.05) is 0 Å². The van der Waals surface area contributed by atoms with E-state index < -0.39 is 17.6 Å². The van der Waals surface area contributed by atoms with Crippen LogP contribution in [-0.4, -0.2) is 33.8 Å². The quantitative estimate of drug-likeness (QED) is 0.516. The summed E-state index contributed by atoms with van der Waals surface area (Å²) >= 11 is 4.67. The van der Waals surface area contributed by atoms with Gasteiger partial charge in [-0.25, -0.2) is 4.79 Å². The van der Waals surface area contributed by atoms with E-state index in [1.54, 1.807) is 13.8 Å². The molecule has 3 N–H and O–H groups in total. The van der Waals surface area contributed by atoms with E-state index in [2.05, 4.69) is 32.7 Å². The summed E-state index contributed by atoms with van der Waals surface area (Å²) in [4.78, 5) is 24.9. The van der Waals surface area contributed by atoms with Crippen LogP contribution in [-0.2, 0) is 9.53 Å². The largest absolute Gasteiger partial charge is 0.464 e. The monoisotopic (exact) mass is 244 g/mol. The second kappa shape index (κ2) is 5.40. The summed E-state index contributed by atoms with van der Waals surface area (Å²) in [6.45, 7) is 3.56. The molecule has 0 saturated carbocycles. The Morgan fingerprint density at radius 3 is 2.94 bits per heavy atom. The van der Waals surface area contributed by atoms with Crippen molar-refractivity contribution in [3.05, 3.63) is 15.1 Å². The van der Waals surface area contributed by atoms with Crippen LogP contribution in [0.5, 0.6) is 0 Å². The molecule has 1 heterocycles. The molecular formula is C8H12N4O3S. The van der Waals surface area contributed by atoms with Gasteiger partial charge >= 0.3 is 5.97 Å². The highest BCUT2D eigenvalue weighted by Gasteiger charge is 2.15. The Balaban J connectivity index is 2.77. The van der Waals surface area contributed by atoms with Crippen LogP contribution in [0.25, 0.3) is 0 Å². The molecule has 0 aliphatic rings. The van der Waals surface area contributed by atoms with Gasteiger partial charge in [-0.3, -0.25) is 14.9 Å². The summed E-state index contributed by atoms with van der Waals surface area (Å²) < 4.78 is 4.89. The number of nitrogens with zero attached hydrogens (tertiary/aromatic N) is 1. The second-order valence-corrected chi connectivity index (χ2v) is 3.38. The van der Waals surface area contributed by atoms with Crippen molar-refractivity contribution < 1.29 is 9.53 Å². The fraction of sp³-hybridized carbons (Fsp3) is 0.500. The van der Waals surface area contributed by atoms with E-state index in [1.807, 2.05) is 0 Å². The van der Waals surface area contributed by atoms with Gasteiger partial charge in [0.2, 0.25) is 5.82 Å². The summed E-state index contributed by atoms with van der Waals surface area (Å²) in [7, 11) is 0. The number of esters is 1. The van der Waals surface area contributed by atoms with Crippen molar-refractivity contribution in [2.45, 2.75) is 19.9 Å². The molecule has 0 aliphatic carbocycles. The molecule has 1 atom stereocenters. The standard InChI is InChI=1S/C8H12N4O3S/c1-3-15-7(14)4(2)9-5-6(13)10-8(16)12-11-5/h4H,3H2,1-2H3,(H,9,11)(H2,10,12,13,16)/t4-/m1/s1. The van der Waals surface area contributed by atoms with Crippen LogP contribution in [0.15, 0.2) is 4.79 Å². The van der Waals surface area contributed by atoms with Crippen molar-refractivity contribution in [2.24, 2.45) is 0 Å². The average molecular weight is 244 g/mol. The Hall–Kier alpha value is -1.70.